The molecule has 0 aliphatic heterocycles. The number of benzene rings is 1. The molecule has 0 spiro atoms. The summed E-state index contributed by atoms with van der Waals surface area (Å²) < 4.78 is 0. The Morgan fingerprint density at radius 3 is 2.80 bits per heavy atom. The largest absolute Gasteiger partial charge is 0.384 e. The summed E-state index contributed by atoms with van der Waals surface area (Å²) in [7, 11) is 0. The van der Waals surface area contributed by atoms with Crippen molar-refractivity contribution in [2.24, 2.45) is 5.73 Å². The van der Waals surface area contributed by atoms with E-state index in [-0.39, 0.29) is 5.84 Å². The Labute approximate surface area is 89.6 Å². The van der Waals surface area contributed by atoms with Crippen molar-refractivity contribution in [1.29, 1.82) is 5.41 Å². The van der Waals surface area contributed by atoms with Crippen molar-refractivity contribution in [1.82, 2.24) is 0 Å². The van der Waals surface area contributed by atoms with E-state index in [1.807, 2.05) is 24.3 Å². The van der Waals surface area contributed by atoms with Crippen molar-refractivity contribution < 1.29 is 0 Å². The van der Waals surface area contributed by atoms with E-state index in [2.05, 4.69) is 18.2 Å². The van der Waals surface area contributed by atoms with E-state index in [4.69, 9.17) is 11.1 Å². The maximum absolute atomic E-state index is 7.39. The molecule has 1 aromatic rings. The Hall–Kier alpha value is -1.83. The first kappa shape index (κ1) is 9.71. The van der Waals surface area contributed by atoms with Gasteiger partial charge in [0.25, 0.3) is 0 Å². The smallest absolute Gasteiger partial charge is 0.122 e. The van der Waals surface area contributed by atoms with Crippen LogP contribution in [0.2, 0.25) is 0 Å². The van der Waals surface area contributed by atoms with Crippen molar-refractivity contribution in [2.45, 2.75) is 12.8 Å². The van der Waals surface area contributed by atoms with Gasteiger partial charge in [-0.05, 0) is 30.0 Å². The molecule has 0 aromatic heterocycles. The highest BCUT2D eigenvalue weighted by atomic mass is 14.7. The third-order valence-electron chi connectivity index (χ3n) is 2.50. The van der Waals surface area contributed by atoms with Gasteiger partial charge in [-0.2, -0.15) is 0 Å². The van der Waals surface area contributed by atoms with Gasteiger partial charge in [-0.3, -0.25) is 5.41 Å². The molecule has 2 nitrogen and oxygen atoms in total. The van der Waals surface area contributed by atoms with Crippen LogP contribution in [0.15, 0.2) is 42.5 Å². The molecule has 1 aliphatic carbocycles. The zero-order chi connectivity index (χ0) is 10.7. The number of nitrogens with two attached hydrogens (primary N) is 1. The molecule has 0 unspecified atom stereocenters. The molecule has 76 valence electrons. The lowest BCUT2D eigenvalue weighted by Gasteiger charge is -2.08. The molecule has 2 rings (SSSR count). The van der Waals surface area contributed by atoms with Gasteiger partial charge in [0.05, 0.1) is 0 Å². The van der Waals surface area contributed by atoms with E-state index in [1.54, 1.807) is 0 Å². The Morgan fingerprint density at radius 1 is 1.27 bits per heavy atom. The van der Waals surface area contributed by atoms with Gasteiger partial charge in [0.1, 0.15) is 5.84 Å². The second-order valence-electron chi connectivity index (χ2n) is 3.63. The molecule has 1 aromatic carbocycles. The average Bonchev–Trinajstić information content (AvgIpc) is 2.30. The number of rotatable bonds is 2. The van der Waals surface area contributed by atoms with Crippen molar-refractivity contribution >= 4 is 11.4 Å². The minimum Gasteiger partial charge on any atom is -0.384 e. The van der Waals surface area contributed by atoms with E-state index in [1.165, 1.54) is 5.57 Å². The molecule has 0 amide bonds. The summed E-state index contributed by atoms with van der Waals surface area (Å²) in [6.45, 7) is 0. The molecule has 1 aliphatic rings. The number of hydrogen-bond donors (Lipinski definition) is 2. The van der Waals surface area contributed by atoms with Crippen LogP contribution in [-0.4, -0.2) is 5.84 Å². The number of allylic oxidation sites excluding steroid dienone is 4. The first-order valence-electron chi connectivity index (χ1n) is 5.09. The second-order valence-corrected chi connectivity index (χ2v) is 3.63. The van der Waals surface area contributed by atoms with E-state index >= 15 is 0 Å². The van der Waals surface area contributed by atoms with Gasteiger partial charge < -0.3 is 5.73 Å². The molecule has 0 saturated heterocycles. The minimum atomic E-state index is 0.122. The summed E-state index contributed by atoms with van der Waals surface area (Å²) in [4.78, 5) is 0. The van der Waals surface area contributed by atoms with E-state index < -0.39 is 0 Å². The lowest BCUT2D eigenvalue weighted by atomic mass is 9.98. The lowest BCUT2D eigenvalue weighted by molar-refractivity contribution is 1.04. The molecule has 0 atom stereocenters. The lowest BCUT2D eigenvalue weighted by Crippen LogP contribution is -2.10. The molecule has 0 heterocycles. The molecule has 0 bridgehead atoms. The van der Waals surface area contributed by atoms with Crippen LogP contribution in [-0.2, 0) is 0 Å². The maximum Gasteiger partial charge on any atom is 0.122 e. The summed E-state index contributed by atoms with van der Waals surface area (Å²) in [5.74, 6) is 0.122. The molecule has 2 heteroatoms. The van der Waals surface area contributed by atoms with Crippen LogP contribution >= 0.6 is 0 Å². The van der Waals surface area contributed by atoms with Gasteiger partial charge in [-0.15, -0.1) is 0 Å². The van der Waals surface area contributed by atoms with Crippen LogP contribution in [0.1, 0.15) is 24.0 Å². The van der Waals surface area contributed by atoms with Crippen molar-refractivity contribution in [3.8, 4) is 0 Å². The monoisotopic (exact) mass is 198 g/mol. The van der Waals surface area contributed by atoms with Crippen molar-refractivity contribution in [3.63, 3.8) is 0 Å². The fourth-order valence-corrected chi connectivity index (χ4v) is 1.69. The van der Waals surface area contributed by atoms with Gasteiger partial charge in [0.2, 0.25) is 0 Å². The topological polar surface area (TPSA) is 49.9 Å². The van der Waals surface area contributed by atoms with E-state index in [9.17, 15) is 0 Å². The highest BCUT2D eigenvalue weighted by Gasteiger charge is 2.03. The Morgan fingerprint density at radius 2 is 2.13 bits per heavy atom. The Kier molecular flexibility index (Phi) is 2.68. The summed E-state index contributed by atoms with van der Waals surface area (Å²) in [5.41, 5.74) is 8.61. The van der Waals surface area contributed by atoms with E-state index in [0.29, 0.717) is 0 Å². The van der Waals surface area contributed by atoms with Crippen LogP contribution in [0.4, 0.5) is 0 Å². The molecular weight excluding hydrogens is 184 g/mol. The number of nitrogens with one attached hydrogen (secondary N) is 1. The van der Waals surface area contributed by atoms with Crippen LogP contribution in [0.3, 0.4) is 0 Å². The van der Waals surface area contributed by atoms with Gasteiger partial charge >= 0.3 is 0 Å². The number of amidine groups is 1. The Balaban J connectivity index is 2.36. The fourth-order valence-electron chi connectivity index (χ4n) is 1.69. The van der Waals surface area contributed by atoms with Crippen LogP contribution < -0.4 is 5.73 Å². The van der Waals surface area contributed by atoms with Crippen molar-refractivity contribution in [2.75, 3.05) is 0 Å². The van der Waals surface area contributed by atoms with Gasteiger partial charge in [0.15, 0.2) is 0 Å². The molecule has 15 heavy (non-hydrogen) atoms. The zero-order valence-corrected chi connectivity index (χ0v) is 8.53. The Bertz CT molecular complexity index is 442. The summed E-state index contributed by atoms with van der Waals surface area (Å²) >= 11 is 0. The maximum atomic E-state index is 7.39. The van der Waals surface area contributed by atoms with Gasteiger partial charge in [0, 0.05) is 5.56 Å². The quantitative estimate of drug-likeness (QED) is 0.557. The van der Waals surface area contributed by atoms with E-state index in [0.717, 1.165) is 24.0 Å². The normalized spacial score (nSPS) is 14.8. The van der Waals surface area contributed by atoms with Gasteiger partial charge in [-0.1, -0.05) is 36.4 Å². The predicted molar refractivity (Wildman–Crippen MR) is 63.8 cm³/mol. The van der Waals surface area contributed by atoms with Crippen LogP contribution in [0.5, 0.6) is 0 Å². The molecule has 0 fully saturated rings. The SMILES string of the molecule is N=C(N)c1cccc(C2=CCCC=C2)c1. The highest BCUT2D eigenvalue weighted by molar-refractivity contribution is 5.96. The number of nitrogen functional groups attached to an aromatic ring is 1. The highest BCUT2D eigenvalue weighted by Crippen LogP contribution is 2.21. The predicted octanol–water partition coefficient (Wildman–Crippen LogP) is 2.70. The average molecular weight is 198 g/mol. The first-order chi connectivity index (χ1) is 7.27. The van der Waals surface area contributed by atoms with Gasteiger partial charge in [-0.25, -0.2) is 0 Å². The van der Waals surface area contributed by atoms with Crippen LogP contribution in [0.25, 0.3) is 5.57 Å². The molecule has 0 radical (unpaired) electrons. The summed E-state index contributed by atoms with van der Waals surface area (Å²) in [6, 6.07) is 7.81. The third-order valence-corrected chi connectivity index (χ3v) is 2.50. The minimum absolute atomic E-state index is 0.122. The van der Waals surface area contributed by atoms with Crippen molar-refractivity contribution in [3.05, 3.63) is 53.6 Å². The zero-order valence-electron chi connectivity index (χ0n) is 8.53. The molecule has 0 saturated carbocycles. The second kappa shape index (κ2) is 4.13. The third kappa shape index (κ3) is 2.15. The standard InChI is InChI=1S/C13H14N2/c14-13(15)12-8-4-7-11(9-12)10-5-2-1-3-6-10/h2,4-9H,1,3H2,(H3,14,15). The first-order valence-corrected chi connectivity index (χ1v) is 5.09. The summed E-state index contributed by atoms with van der Waals surface area (Å²) in [6.07, 6.45) is 8.74. The van der Waals surface area contributed by atoms with Crippen LogP contribution in [0, 0.1) is 5.41 Å². The summed E-state index contributed by atoms with van der Waals surface area (Å²) in [5, 5.41) is 7.39. The number of hydrogen-bond acceptors (Lipinski definition) is 1. The molecule has 3 N–H and O–H groups in total. The molecular formula is C13H14N2. The fraction of sp³-hybridized carbons (Fsp3) is 0.154.